The highest BCUT2D eigenvalue weighted by Gasteiger charge is 2.02. The zero-order chi connectivity index (χ0) is 20.3. The van der Waals surface area contributed by atoms with Crippen LogP contribution >= 0.6 is 11.6 Å². The van der Waals surface area contributed by atoms with Crippen LogP contribution in [-0.2, 0) is 17.8 Å². The number of nitrogens with one attached hydrogen (secondary N) is 1. The Morgan fingerprint density at radius 3 is 2.45 bits per heavy atom. The SMILES string of the molecule is O=C(CCCc1ccccc1)NN=Cc1ccc(OCc2ccccc2Cl)cc1. The van der Waals surface area contributed by atoms with Gasteiger partial charge in [0, 0.05) is 17.0 Å². The number of carbonyl (C=O) groups is 1. The predicted octanol–water partition coefficient (Wildman–Crippen LogP) is 5.39. The summed E-state index contributed by atoms with van der Waals surface area (Å²) in [6, 6.07) is 25.2. The minimum absolute atomic E-state index is 0.0862. The van der Waals surface area contributed by atoms with Crippen molar-refractivity contribution in [2.75, 3.05) is 0 Å². The molecule has 0 bridgehead atoms. The van der Waals surface area contributed by atoms with Gasteiger partial charge in [0.1, 0.15) is 12.4 Å². The molecule has 1 amide bonds. The molecule has 3 aromatic rings. The van der Waals surface area contributed by atoms with E-state index in [0.29, 0.717) is 18.1 Å². The van der Waals surface area contributed by atoms with Gasteiger partial charge in [0.05, 0.1) is 6.21 Å². The number of hydrazone groups is 1. The zero-order valence-corrected chi connectivity index (χ0v) is 16.8. The molecule has 1 N–H and O–H groups in total. The van der Waals surface area contributed by atoms with E-state index in [-0.39, 0.29) is 5.91 Å². The number of aryl methyl sites for hydroxylation is 1. The molecule has 0 spiro atoms. The van der Waals surface area contributed by atoms with Gasteiger partial charge in [0.2, 0.25) is 5.91 Å². The highest BCUT2D eigenvalue weighted by atomic mass is 35.5. The Kier molecular flexibility index (Phi) is 7.84. The standard InChI is InChI=1S/C24H23ClN2O2/c25-23-11-5-4-10-21(23)18-29-22-15-13-20(14-16-22)17-26-27-24(28)12-6-9-19-7-2-1-3-8-19/h1-5,7-8,10-11,13-17H,6,9,12,18H2,(H,27,28). The van der Waals surface area contributed by atoms with Gasteiger partial charge in [-0.15, -0.1) is 0 Å². The number of halogens is 1. The Balaban J connectivity index is 1.39. The molecule has 0 unspecified atom stereocenters. The first-order valence-corrected chi connectivity index (χ1v) is 9.90. The second-order valence-corrected chi connectivity index (χ2v) is 6.99. The first-order chi connectivity index (χ1) is 14.2. The third kappa shape index (κ3) is 7.09. The molecule has 0 aliphatic carbocycles. The van der Waals surface area contributed by atoms with E-state index in [4.69, 9.17) is 16.3 Å². The summed E-state index contributed by atoms with van der Waals surface area (Å²) in [6.07, 6.45) is 3.74. The lowest BCUT2D eigenvalue weighted by Gasteiger charge is -2.07. The van der Waals surface area contributed by atoms with Crippen molar-refractivity contribution in [1.82, 2.24) is 5.43 Å². The summed E-state index contributed by atoms with van der Waals surface area (Å²) < 4.78 is 5.75. The van der Waals surface area contributed by atoms with Gasteiger partial charge in [-0.1, -0.05) is 60.1 Å². The Morgan fingerprint density at radius 2 is 1.69 bits per heavy atom. The number of ether oxygens (including phenoxy) is 1. The molecule has 3 rings (SSSR count). The van der Waals surface area contributed by atoms with Crippen LogP contribution in [0.25, 0.3) is 0 Å². The summed E-state index contributed by atoms with van der Waals surface area (Å²) in [6.45, 7) is 0.409. The van der Waals surface area contributed by atoms with Crippen LogP contribution in [-0.4, -0.2) is 12.1 Å². The van der Waals surface area contributed by atoms with Gasteiger partial charge in [-0.3, -0.25) is 4.79 Å². The highest BCUT2D eigenvalue weighted by Crippen LogP contribution is 2.18. The van der Waals surface area contributed by atoms with E-state index in [0.717, 1.165) is 29.7 Å². The van der Waals surface area contributed by atoms with Crippen LogP contribution < -0.4 is 10.2 Å². The average molecular weight is 407 g/mol. The van der Waals surface area contributed by atoms with Gasteiger partial charge < -0.3 is 4.74 Å². The highest BCUT2D eigenvalue weighted by molar-refractivity contribution is 6.31. The molecular weight excluding hydrogens is 384 g/mol. The van der Waals surface area contributed by atoms with Crippen molar-refractivity contribution in [1.29, 1.82) is 0 Å². The molecule has 0 saturated carbocycles. The fourth-order valence-corrected chi connectivity index (χ4v) is 2.95. The molecule has 0 aromatic heterocycles. The summed E-state index contributed by atoms with van der Waals surface area (Å²) in [5.41, 5.74) is 5.62. The van der Waals surface area contributed by atoms with Crippen molar-refractivity contribution in [3.63, 3.8) is 0 Å². The number of rotatable bonds is 9. The van der Waals surface area contributed by atoms with Crippen LogP contribution in [0, 0.1) is 0 Å². The second kappa shape index (κ2) is 11.0. The van der Waals surface area contributed by atoms with Crippen LogP contribution in [0.4, 0.5) is 0 Å². The molecule has 0 aliphatic heterocycles. The summed E-state index contributed by atoms with van der Waals surface area (Å²) in [4.78, 5) is 11.9. The fourth-order valence-electron chi connectivity index (χ4n) is 2.76. The lowest BCUT2D eigenvalue weighted by Crippen LogP contribution is -2.17. The quantitative estimate of drug-likeness (QED) is 0.382. The summed E-state index contributed by atoms with van der Waals surface area (Å²) >= 11 is 6.13. The van der Waals surface area contributed by atoms with Gasteiger partial charge >= 0.3 is 0 Å². The smallest absolute Gasteiger partial charge is 0.240 e. The molecule has 0 saturated heterocycles. The van der Waals surface area contributed by atoms with E-state index in [2.05, 4.69) is 22.7 Å². The predicted molar refractivity (Wildman–Crippen MR) is 117 cm³/mol. The van der Waals surface area contributed by atoms with Crippen molar-refractivity contribution in [2.24, 2.45) is 5.10 Å². The number of amides is 1. The van der Waals surface area contributed by atoms with Crippen LogP contribution in [0.3, 0.4) is 0 Å². The maximum atomic E-state index is 11.9. The molecule has 0 atom stereocenters. The van der Waals surface area contributed by atoms with Gasteiger partial charge in [0.15, 0.2) is 0 Å². The van der Waals surface area contributed by atoms with Crippen molar-refractivity contribution in [2.45, 2.75) is 25.9 Å². The summed E-state index contributed by atoms with van der Waals surface area (Å²) in [7, 11) is 0. The maximum absolute atomic E-state index is 11.9. The third-order valence-corrected chi connectivity index (χ3v) is 4.72. The number of carbonyl (C=O) groups excluding carboxylic acids is 1. The molecule has 0 radical (unpaired) electrons. The molecule has 0 aliphatic rings. The van der Waals surface area contributed by atoms with Crippen molar-refractivity contribution < 1.29 is 9.53 Å². The number of hydrogen-bond acceptors (Lipinski definition) is 3. The first-order valence-electron chi connectivity index (χ1n) is 9.53. The normalized spacial score (nSPS) is 10.8. The molecule has 29 heavy (non-hydrogen) atoms. The Bertz CT molecular complexity index is 941. The largest absolute Gasteiger partial charge is 0.489 e. The zero-order valence-electron chi connectivity index (χ0n) is 16.1. The van der Waals surface area contributed by atoms with Crippen molar-refractivity contribution in [3.05, 3.63) is 101 Å². The fraction of sp³-hybridized carbons (Fsp3) is 0.167. The molecule has 5 heteroatoms. The van der Waals surface area contributed by atoms with Gasteiger partial charge in [-0.05, 0) is 54.3 Å². The Morgan fingerprint density at radius 1 is 0.966 bits per heavy atom. The summed E-state index contributed by atoms with van der Waals surface area (Å²) in [5.74, 6) is 0.656. The van der Waals surface area contributed by atoms with E-state index in [9.17, 15) is 4.79 Å². The molecule has 0 heterocycles. The van der Waals surface area contributed by atoms with Gasteiger partial charge in [-0.2, -0.15) is 5.10 Å². The van der Waals surface area contributed by atoms with E-state index in [1.807, 2.05) is 66.7 Å². The molecule has 4 nitrogen and oxygen atoms in total. The monoisotopic (exact) mass is 406 g/mol. The third-order valence-electron chi connectivity index (χ3n) is 4.35. The number of hydrogen-bond donors (Lipinski definition) is 1. The van der Waals surface area contributed by atoms with Crippen LogP contribution in [0.1, 0.15) is 29.5 Å². The van der Waals surface area contributed by atoms with E-state index < -0.39 is 0 Å². The lowest BCUT2D eigenvalue weighted by atomic mass is 10.1. The maximum Gasteiger partial charge on any atom is 0.240 e. The van der Waals surface area contributed by atoms with Crippen LogP contribution in [0.5, 0.6) is 5.75 Å². The van der Waals surface area contributed by atoms with Crippen LogP contribution in [0.15, 0.2) is 84.0 Å². The van der Waals surface area contributed by atoms with E-state index >= 15 is 0 Å². The number of benzene rings is 3. The first kappa shape index (κ1) is 20.6. The average Bonchev–Trinajstić information content (AvgIpc) is 2.75. The molecule has 148 valence electrons. The second-order valence-electron chi connectivity index (χ2n) is 6.58. The van der Waals surface area contributed by atoms with Gasteiger partial charge in [-0.25, -0.2) is 5.43 Å². The molecule has 0 fully saturated rings. The molecular formula is C24H23ClN2O2. The molecule has 3 aromatic carbocycles. The Labute approximate surface area is 176 Å². The van der Waals surface area contributed by atoms with Gasteiger partial charge in [0.25, 0.3) is 0 Å². The number of nitrogens with zero attached hydrogens (tertiary/aromatic N) is 1. The van der Waals surface area contributed by atoms with Crippen molar-refractivity contribution in [3.8, 4) is 5.75 Å². The van der Waals surface area contributed by atoms with E-state index in [1.54, 1.807) is 6.21 Å². The topological polar surface area (TPSA) is 50.7 Å². The van der Waals surface area contributed by atoms with Crippen molar-refractivity contribution >= 4 is 23.7 Å². The lowest BCUT2D eigenvalue weighted by molar-refractivity contribution is -0.121. The minimum atomic E-state index is -0.0862. The minimum Gasteiger partial charge on any atom is -0.489 e. The van der Waals surface area contributed by atoms with Crippen LogP contribution in [0.2, 0.25) is 5.02 Å². The Hall–Kier alpha value is -3.11. The van der Waals surface area contributed by atoms with E-state index in [1.165, 1.54) is 5.56 Å². The summed E-state index contributed by atoms with van der Waals surface area (Å²) in [5, 5.41) is 4.71.